The Morgan fingerprint density at radius 2 is 1.81 bits per heavy atom. The Morgan fingerprint density at radius 1 is 1.12 bits per heavy atom. The number of piperidine rings is 1. The lowest BCUT2D eigenvalue weighted by Crippen LogP contribution is -2.52. The number of nitrogens with zero attached hydrogens (tertiary/aromatic N) is 2. The molecule has 1 aromatic carbocycles. The first-order valence-electron chi connectivity index (χ1n) is 9.62. The van der Waals surface area contributed by atoms with E-state index in [-0.39, 0.29) is 11.8 Å². The lowest BCUT2D eigenvalue weighted by molar-refractivity contribution is -0.138. The quantitative estimate of drug-likeness (QED) is 0.854. The minimum absolute atomic E-state index is 0.0110. The van der Waals surface area contributed by atoms with Crippen LogP contribution in [0.15, 0.2) is 18.2 Å². The van der Waals surface area contributed by atoms with E-state index >= 15 is 0 Å². The van der Waals surface area contributed by atoms with E-state index in [0.717, 1.165) is 63.4 Å². The van der Waals surface area contributed by atoms with Gasteiger partial charge in [0.15, 0.2) is 0 Å². The molecule has 0 spiro atoms. The topological polar surface area (TPSA) is 64.7 Å². The van der Waals surface area contributed by atoms with Gasteiger partial charge in [0, 0.05) is 37.8 Å². The van der Waals surface area contributed by atoms with Crippen LogP contribution in [0.5, 0.6) is 0 Å². The third-order valence-corrected chi connectivity index (χ3v) is 5.62. The standard InChI is InChI=1S/C20H30N4O2/c1-15-4-3-5-18(16(15)2)22-19(25)14-23-10-12-24(13-11-23)20(26)17-6-8-21-9-7-17/h3-5,17,21H,6-14H2,1-2H3,(H,22,25). The van der Waals surface area contributed by atoms with E-state index < -0.39 is 0 Å². The molecule has 0 aromatic heterocycles. The van der Waals surface area contributed by atoms with E-state index in [1.165, 1.54) is 5.56 Å². The zero-order valence-corrected chi connectivity index (χ0v) is 15.9. The molecule has 2 aliphatic heterocycles. The van der Waals surface area contributed by atoms with E-state index in [2.05, 4.69) is 15.5 Å². The number of aryl methyl sites for hydroxylation is 1. The fraction of sp³-hybridized carbons (Fsp3) is 0.600. The zero-order chi connectivity index (χ0) is 18.5. The first-order valence-corrected chi connectivity index (χ1v) is 9.62. The number of benzene rings is 1. The number of rotatable bonds is 4. The Kier molecular flexibility index (Phi) is 6.27. The van der Waals surface area contributed by atoms with Gasteiger partial charge < -0.3 is 15.5 Å². The van der Waals surface area contributed by atoms with Gasteiger partial charge in [-0.2, -0.15) is 0 Å². The lowest BCUT2D eigenvalue weighted by Gasteiger charge is -2.37. The van der Waals surface area contributed by atoms with Gasteiger partial charge in [-0.3, -0.25) is 14.5 Å². The van der Waals surface area contributed by atoms with Gasteiger partial charge in [0.2, 0.25) is 11.8 Å². The number of piperazine rings is 1. The van der Waals surface area contributed by atoms with Crippen LogP contribution in [0, 0.1) is 19.8 Å². The van der Waals surface area contributed by atoms with Gasteiger partial charge >= 0.3 is 0 Å². The third kappa shape index (κ3) is 4.62. The van der Waals surface area contributed by atoms with Crippen molar-refractivity contribution in [3.05, 3.63) is 29.3 Å². The first kappa shape index (κ1) is 18.9. The maximum absolute atomic E-state index is 12.6. The molecule has 0 unspecified atom stereocenters. The first-order chi connectivity index (χ1) is 12.5. The fourth-order valence-corrected chi connectivity index (χ4v) is 3.73. The number of carbonyl (C=O) groups excluding carboxylic acids is 2. The molecular weight excluding hydrogens is 328 g/mol. The zero-order valence-electron chi connectivity index (χ0n) is 15.9. The molecule has 0 saturated carbocycles. The van der Waals surface area contributed by atoms with Crippen LogP contribution in [-0.4, -0.2) is 67.4 Å². The monoisotopic (exact) mass is 358 g/mol. The Labute approximate surface area is 155 Å². The van der Waals surface area contributed by atoms with Crippen LogP contribution in [0.1, 0.15) is 24.0 Å². The summed E-state index contributed by atoms with van der Waals surface area (Å²) in [6.45, 7) is 9.29. The summed E-state index contributed by atoms with van der Waals surface area (Å²) in [5.74, 6) is 0.484. The lowest BCUT2D eigenvalue weighted by atomic mass is 9.96. The van der Waals surface area contributed by atoms with Crippen LogP contribution in [0.2, 0.25) is 0 Å². The van der Waals surface area contributed by atoms with Crippen molar-refractivity contribution >= 4 is 17.5 Å². The molecule has 0 bridgehead atoms. The summed E-state index contributed by atoms with van der Waals surface area (Å²) in [5.41, 5.74) is 3.17. The smallest absolute Gasteiger partial charge is 0.238 e. The van der Waals surface area contributed by atoms with Gasteiger partial charge in [0.25, 0.3) is 0 Å². The molecule has 0 atom stereocenters. The van der Waals surface area contributed by atoms with Crippen molar-refractivity contribution in [2.24, 2.45) is 5.92 Å². The van der Waals surface area contributed by atoms with E-state index in [9.17, 15) is 9.59 Å². The van der Waals surface area contributed by atoms with Crippen molar-refractivity contribution in [2.75, 3.05) is 51.1 Å². The minimum atomic E-state index is 0.0110. The van der Waals surface area contributed by atoms with E-state index in [0.29, 0.717) is 12.5 Å². The largest absolute Gasteiger partial charge is 0.340 e. The van der Waals surface area contributed by atoms with Gasteiger partial charge in [0.05, 0.1) is 6.54 Å². The minimum Gasteiger partial charge on any atom is -0.340 e. The maximum Gasteiger partial charge on any atom is 0.238 e. The van der Waals surface area contributed by atoms with Crippen LogP contribution in [0.4, 0.5) is 5.69 Å². The highest BCUT2D eigenvalue weighted by Gasteiger charge is 2.28. The predicted molar refractivity (Wildman–Crippen MR) is 103 cm³/mol. The summed E-state index contributed by atoms with van der Waals surface area (Å²) in [5, 5.41) is 6.32. The van der Waals surface area contributed by atoms with Crippen molar-refractivity contribution in [1.82, 2.24) is 15.1 Å². The van der Waals surface area contributed by atoms with Crippen molar-refractivity contribution in [2.45, 2.75) is 26.7 Å². The number of carbonyl (C=O) groups is 2. The van der Waals surface area contributed by atoms with Gasteiger partial charge in [-0.25, -0.2) is 0 Å². The Hall–Kier alpha value is -1.92. The highest BCUT2D eigenvalue weighted by molar-refractivity contribution is 5.93. The van der Waals surface area contributed by atoms with E-state index in [1.54, 1.807) is 0 Å². The molecule has 1 aromatic rings. The average molecular weight is 358 g/mol. The highest BCUT2D eigenvalue weighted by Crippen LogP contribution is 2.19. The van der Waals surface area contributed by atoms with Gasteiger partial charge in [-0.15, -0.1) is 0 Å². The van der Waals surface area contributed by atoms with Crippen LogP contribution < -0.4 is 10.6 Å². The highest BCUT2D eigenvalue weighted by atomic mass is 16.2. The summed E-state index contributed by atoms with van der Waals surface area (Å²) in [4.78, 5) is 29.1. The van der Waals surface area contributed by atoms with Crippen LogP contribution >= 0.6 is 0 Å². The summed E-state index contributed by atoms with van der Waals surface area (Å²) < 4.78 is 0. The number of nitrogens with one attached hydrogen (secondary N) is 2. The van der Waals surface area contributed by atoms with Crippen molar-refractivity contribution in [1.29, 1.82) is 0 Å². The van der Waals surface area contributed by atoms with Crippen LogP contribution in [0.3, 0.4) is 0 Å². The molecular formula is C20H30N4O2. The van der Waals surface area contributed by atoms with Crippen molar-refractivity contribution in [3.8, 4) is 0 Å². The van der Waals surface area contributed by atoms with Gasteiger partial charge in [-0.1, -0.05) is 12.1 Å². The average Bonchev–Trinajstić information content (AvgIpc) is 2.66. The third-order valence-electron chi connectivity index (χ3n) is 5.62. The van der Waals surface area contributed by atoms with Gasteiger partial charge in [-0.05, 0) is 57.0 Å². The van der Waals surface area contributed by atoms with Crippen molar-refractivity contribution in [3.63, 3.8) is 0 Å². The summed E-state index contributed by atoms with van der Waals surface area (Å²) in [6, 6.07) is 5.95. The fourth-order valence-electron chi connectivity index (χ4n) is 3.73. The second-order valence-electron chi connectivity index (χ2n) is 7.42. The molecule has 2 heterocycles. The maximum atomic E-state index is 12.6. The molecule has 2 saturated heterocycles. The van der Waals surface area contributed by atoms with Crippen LogP contribution in [-0.2, 0) is 9.59 Å². The summed E-state index contributed by atoms with van der Waals surface area (Å²) >= 11 is 0. The Balaban J connectivity index is 1.45. The second-order valence-corrected chi connectivity index (χ2v) is 7.42. The molecule has 0 radical (unpaired) electrons. The van der Waals surface area contributed by atoms with Crippen LogP contribution in [0.25, 0.3) is 0 Å². The Bertz CT molecular complexity index is 647. The predicted octanol–water partition coefficient (Wildman–Crippen LogP) is 1.39. The molecule has 2 aliphatic rings. The molecule has 0 aliphatic carbocycles. The number of amides is 2. The molecule has 2 amide bonds. The molecule has 142 valence electrons. The van der Waals surface area contributed by atoms with Crippen molar-refractivity contribution < 1.29 is 9.59 Å². The molecule has 6 nitrogen and oxygen atoms in total. The molecule has 6 heteroatoms. The number of hydrogen-bond donors (Lipinski definition) is 2. The Morgan fingerprint density at radius 3 is 2.50 bits per heavy atom. The normalized spacial score (nSPS) is 19.4. The van der Waals surface area contributed by atoms with Gasteiger partial charge in [0.1, 0.15) is 0 Å². The number of hydrogen-bond acceptors (Lipinski definition) is 4. The molecule has 26 heavy (non-hydrogen) atoms. The second kappa shape index (κ2) is 8.64. The number of anilines is 1. The SMILES string of the molecule is Cc1cccc(NC(=O)CN2CCN(C(=O)C3CCNCC3)CC2)c1C. The van der Waals surface area contributed by atoms with E-state index in [4.69, 9.17) is 0 Å². The molecule has 2 fully saturated rings. The molecule has 3 rings (SSSR count). The summed E-state index contributed by atoms with van der Waals surface area (Å²) in [6.07, 6.45) is 1.88. The summed E-state index contributed by atoms with van der Waals surface area (Å²) in [7, 11) is 0. The molecule has 2 N–H and O–H groups in total. The van der Waals surface area contributed by atoms with E-state index in [1.807, 2.05) is 36.9 Å².